The minimum Gasteiger partial charge on any atom is -0.458 e. The summed E-state index contributed by atoms with van der Waals surface area (Å²) in [4.78, 5) is 10.5. The molecule has 2 rings (SSSR count). The van der Waals surface area contributed by atoms with Crippen LogP contribution in [-0.4, -0.2) is 6.29 Å². The molecule has 0 bridgehead atoms. The van der Waals surface area contributed by atoms with Gasteiger partial charge in [0.1, 0.15) is 5.76 Å². The number of hydrogen-bond donors (Lipinski definition) is 0. The molecule has 0 radical (unpaired) electrons. The first kappa shape index (κ1) is 11.1. The van der Waals surface area contributed by atoms with Crippen molar-refractivity contribution in [1.82, 2.24) is 0 Å². The highest BCUT2D eigenvalue weighted by Crippen LogP contribution is 2.20. The third kappa shape index (κ3) is 2.42. The molecule has 1 aromatic heterocycles. The Morgan fingerprint density at radius 2 is 2.12 bits per heavy atom. The van der Waals surface area contributed by atoms with E-state index in [4.69, 9.17) is 4.42 Å². The van der Waals surface area contributed by atoms with E-state index in [1.807, 2.05) is 12.1 Å². The summed E-state index contributed by atoms with van der Waals surface area (Å²) in [5, 5.41) is 0. The van der Waals surface area contributed by atoms with E-state index in [1.54, 1.807) is 6.07 Å². The number of furan rings is 1. The Labute approximate surface area is 102 Å². The van der Waals surface area contributed by atoms with E-state index in [-0.39, 0.29) is 0 Å². The quantitative estimate of drug-likeness (QED) is 0.801. The number of carbonyl (C=O) groups is 1. The van der Waals surface area contributed by atoms with Crippen LogP contribution in [0.2, 0.25) is 0 Å². The summed E-state index contributed by atoms with van der Waals surface area (Å²) in [5.74, 6) is 1.19. The third-order valence-electron chi connectivity index (χ3n) is 2.47. The van der Waals surface area contributed by atoms with Crippen molar-refractivity contribution < 1.29 is 9.21 Å². The molecule has 0 aliphatic heterocycles. The van der Waals surface area contributed by atoms with Gasteiger partial charge in [0.25, 0.3) is 0 Å². The van der Waals surface area contributed by atoms with Crippen LogP contribution >= 0.6 is 15.9 Å². The maximum Gasteiger partial charge on any atom is 0.185 e. The summed E-state index contributed by atoms with van der Waals surface area (Å²) >= 11 is 3.44. The first-order chi connectivity index (χ1) is 7.69. The summed E-state index contributed by atoms with van der Waals surface area (Å²) in [6.07, 6.45) is 1.43. The third-order valence-corrected chi connectivity index (χ3v) is 2.97. The molecule has 2 nitrogen and oxygen atoms in total. The predicted molar refractivity (Wildman–Crippen MR) is 65.8 cm³/mol. The van der Waals surface area contributed by atoms with Gasteiger partial charge in [0.2, 0.25) is 0 Å². The molecular formula is C13H11BrO2. The topological polar surface area (TPSA) is 30.2 Å². The molecule has 0 N–H and O–H groups in total. The minimum absolute atomic E-state index is 0.377. The molecule has 1 heterocycles. The molecule has 0 spiro atoms. The molecule has 0 fully saturated rings. The van der Waals surface area contributed by atoms with E-state index in [0.29, 0.717) is 12.2 Å². The Balaban J connectivity index is 2.26. The Hall–Kier alpha value is -1.35. The van der Waals surface area contributed by atoms with Crippen LogP contribution in [0.15, 0.2) is 39.2 Å². The summed E-state index contributed by atoms with van der Waals surface area (Å²) in [5.41, 5.74) is 2.41. The van der Waals surface area contributed by atoms with Gasteiger partial charge in [-0.25, -0.2) is 0 Å². The molecule has 0 amide bonds. The zero-order valence-electron chi connectivity index (χ0n) is 8.87. The fourth-order valence-electron chi connectivity index (χ4n) is 1.57. The van der Waals surface area contributed by atoms with Gasteiger partial charge in [-0.15, -0.1) is 0 Å². The lowest BCUT2D eigenvalue weighted by Gasteiger charge is -2.04. The van der Waals surface area contributed by atoms with E-state index >= 15 is 0 Å². The second-order valence-electron chi connectivity index (χ2n) is 3.67. The molecule has 82 valence electrons. The summed E-state index contributed by atoms with van der Waals surface area (Å²) < 4.78 is 6.40. The van der Waals surface area contributed by atoms with Crippen molar-refractivity contribution >= 4 is 22.2 Å². The molecule has 0 saturated heterocycles. The van der Waals surface area contributed by atoms with Crippen molar-refractivity contribution in [1.29, 1.82) is 0 Å². The molecule has 0 aliphatic rings. The van der Waals surface area contributed by atoms with Crippen LogP contribution in [-0.2, 0) is 6.42 Å². The van der Waals surface area contributed by atoms with Crippen LogP contribution in [0.1, 0.15) is 27.4 Å². The number of benzene rings is 1. The van der Waals surface area contributed by atoms with Crippen LogP contribution in [0, 0.1) is 6.92 Å². The maximum absolute atomic E-state index is 10.5. The van der Waals surface area contributed by atoms with Crippen LogP contribution in [0.3, 0.4) is 0 Å². The van der Waals surface area contributed by atoms with Crippen molar-refractivity contribution in [3.8, 4) is 0 Å². The van der Waals surface area contributed by atoms with Crippen LogP contribution in [0.4, 0.5) is 0 Å². The van der Waals surface area contributed by atoms with Gasteiger partial charge in [-0.1, -0.05) is 22.0 Å². The van der Waals surface area contributed by atoms with Crippen LogP contribution in [0.5, 0.6) is 0 Å². The smallest absolute Gasteiger partial charge is 0.185 e. The maximum atomic E-state index is 10.5. The molecular weight excluding hydrogens is 268 g/mol. The monoisotopic (exact) mass is 278 g/mol. The number of carbonyl (C=O) groups excluding carboxylic acids is 1. The second-order valence-corrected chi connectivity index (χ2v) is 4.59. The SMILES string of the molecule is Cc1ccc(Br)cc1Cc1ccc(C=O)o1. The highest BCUT2D eigenvalue weighted by Gasteiger charge is 2.05. The predicted octanol–water partition coefficient (Wildman–Crippen LogP) is 3.75. The molecule has 0 saturated carbocycles. The molecule has 0 atom stereocenters. The van der Waals surface area contributed by atoms with E-state index < -0.39 is 0 Å². The molecule has 3 heteroatoms. The van der Waals surface area contributed by atoms with Crippen LogP contribution < -0.4 is 0 Å². The van der Waals surface area contributed by atoms with Crippen LogP contribution in [0.25, 0.3) is 0 Å². The second kappa shape index (κ2) is 4.66. The van der Waals surface area contributed by atoms with Gasteiger partial charge in [0.15, 0.2) is 12.0 Å². The van der Waals surface area contributed by atoms with Crippen molar-refractivity contribution in [2.75, 3.05) is 0 Å². The number of aldehydes is 1. The zero-order valence-corrected chi connectivity index (χ0v) is 10.5. The van der Waals surface area contributed by atoms with Crippen molar-refractivity contribution in [2.45, 2.75) is 13.3 Å². The lowest BCUT2D eigenvalue weighted by molar-refractivity contribution is 0.109. The molecule has 0 unspecified atom stereocenters. The Bertz CT molecular complexity index is 514. The number of hydrogen-bond acceptors (Lipinski definition) is 2. The largest absolute Gasteiger partial charge is 0.458 e. The fraction of sp³-hybridized carbons (Fsp3) is 0.154. The standard InChI is InChI=1S/C13H11BrO2/c1-9-2-3-11(14)6-10(9)7-12-4-5-13(8-15)16-12/h2-6,8H,7H2,1H3. The van der Waals surface area contributed by atoms with E-state index in [0.717, 1.165) is 16.5 Å². The molecule has 1 aromatic carbocycles. The zero-order chi connectivity index (χ0) is 11.5. The Morgan fingerprint density at radius 1 is 1.31 bits per heavy atom. The lowest BCUT2D eigenvalue weighted by Crippen LogP contribution is -1.90. The minimum atomic E-state index is 0.377. The Morgan fingerprint density at radius 3 is 2.81 bits per heavy atom. The van der Waals surface area contributed by atoms with Gasteiger partial charge in [-0.05, 0) is 42.3 Å². The molecule has 16 heavy (non-hydrogen) atoms. The number of halogens is 1. The van der Waals surface area contributed by atoms with Gasteiger partial charge in [0, 0.05) is 10.9 Å². The van der Waals surface area contributed by atoms with Gasteiger partial charge in [-0.2, -0.15) is 0 Å². The van der Waals surface area contributed by atoms with E-state index in [2.05, 4.69) is 35.0 Å². The summed E-state index contributed by atoms with van der Waals surface area (Å²) in [7, 11) is 0. The fourth-order valence-corrected chi connectivity index (χ4v) is 1.98. The van der Waals surface area contributed by atoms with Crippen molar-refractivity contribution in [2.24, 2.45) is 0 Å². The average molecular weight is 279 g/mol. The van der Waals surface area contributed by atoms with Crippen molar-refractivity contribution in [3.63, 3.8) is 0 Å². The van der Waals surface area contributed by atoms with Gasteiger partial charge in [0.05, 0.1) is 0 Å². The number of rotatable bonds is 3. The normalized spacial score (nSPS) is 10.4. The van der Waals surface area contributed by atoms with Gasteiger partial charge in [-0.3, -0.25) is 4.79 Å². The van der Waals surface area contributed by atoms with Crippen molar-refractivity contribution in [3.05, 3.63) is 57.5 Å². The molecule has 2 aromatic rings. The van der Waals surface area contributed by atoms with Gasteiger partial charge >= 0.3 is 0 Å². The first-order valence-electron chi connectivity index (χ1n) is 4.98. The summed E-state index contributed by atoms with van der Waals surface area (Å²) in [6.45, 7) is 2.06. The van der Waals surface area contributed by atoms with Gasteiger partial charge < -0.3 is 4.42 Å². The highest BCUT2D eigenvalue weighted by molar-refractivity contribution is 9.10. The Kier molecular flexibility index (Phi) is 3.25. The van der Waals surface area contributed by atoms with E-state index in [1.165, 1.54) is 11.1 Å². The number of aryl methyl sites for hydroxylation is 1. The lowest BCUT2D eigenvalue weighted by atomic mass is 10.1. The summed E-state index contributed by atoms with van der Waals surface area (Å²) in [6, 6.07) is 9.67. The first-order valence-corrected chi connectivity index (χ1v) is 5.77. The average Bonchev–Trinajstić information content (AvgIpc) is 2.71. The van der Waals surface area contributed by atoms with E-state index in [9.17, 15) is 4.79 Å². The highest BCUT2D eigenvalue weighted by atomic mass is 79.9. The molecule has 0 aliphatic carbocycles.